The third-order valence-corrected chi connectivity index (χ3v) is 6.56. The molecule has 4 heterocycles. The minimum atomic E-state index is 0.144. The molecule has 0 radical (unpaired) electrons. The van der Waals surface area contributed by atoms with Crippen LogP contribution in [0.15, 0.2) is 36.7 Å². The molecule has 2 aromatic heterocycles. The number of nitrogens with zero attached hydrogens (tertiary/aromatic N) is 3. The van der Waals surface area contributed by atoms with E-state index in [-0.39, 0.29) is 5.60 Å². The summed E-state index contributed by atoms with van der Waals surface area (Å²) in [4.78, 5) is 12.0. The zero-order valence-electron chi connectivity index (χ0n) is 15.9. The summed E-state index contributed by atoms with van der Waals surface area (Å²) in [5.41, 5.74) is 1.42. The van der Waals surface area contributed by atoms with E-state index in [0.717, 1.165) is 39.3 Å². The Balaban J connectivity index is 1.19. The largest absolute Gasteiger partial charge is 0.372 e. The Morgan fingerprint density at radius 2 is 2.23 bits per heavy atom. The quantitative estimate of drug-likeness (QED) is 0.776. The van der Waals surface area contributed by atoms with Crippen LogP contribution in [0.25, 0.3) is 0 Å². The van der Waals surface area contributed by atoms with Gasteiger partial charge in [0.05, 0.1) is 12.2 Å². The molecule has 2 saturated heterocycles. The molecule has 4 rings (SSSR count). The molecule has 0 aliphatic carbocycles. The molecular formula is C21H29N3OS. The first kappa shape index (κ1) is 18.1. The van der Waals surface area contributed by atoms with Crippen molar-refractivity contribution >= 4 is 11.3 Å². The summed E-state index contributed by atoms with van der Waals surface area (Å²) in [6.07, 6.45) is 6.28. The zero-order chi connectivity index (χ0) is 18.0. The number of likely N-dealkylation sites (tertiary alicyclic amines) is 1. The maximum Gasteiger partial charge on any atom is 0.0935 e. The SMILES string of the molecule is Cc1ccc(CN2CC3(CC[C@@H](CN(C)Cc4cccnc4)CO3)C2)s1. The lowest BCUT2D eigenvalue weighted by Gasteiger charge is -2.53. The average Bonchev–Trinajstić information content (AvgIpc) is 3.01. The molecule has 0 N–H and O–H groups in total. The van der Waals surface area contributed by atoms with E-state index < -0.39 is 0 Å². The fourth-order valence-electron chi connectivity index (χ4n) is 4.29. The molecule has 1 atom stereocenters. The van der Waals surface area contributed by atoms with E-state index in [0.29, 0.717) is 5.92 Å². The molecule has 2 aliphatic rings. The van der Waals surface area contributed by atoms with Gasteiger partial charge in [0.25, 0.3) is 0 Å². The smallest absolute Gasteiger partial charge is 0.0935 e. The predicted octanol–water partition coefficient (Wildman–Crippen LogP) is 3.56. The van der Waals surface area contributed by atoms with Crippen LogP contribution in [-0.2, 0) is 17.8 Å². The van der Waals surface area contributed by atoms with Gasteiger partial charge in [-0.1, -0.05) is 6.07 Å². The van der Waals surface area contributed by atoms with Gasteiger partial charge >= 0.3 is 0 Å². The summed E-state index contributed by atoms with van der Waals surface area (Å²) in [5.74, 6) is 0.649. The van der Waals surface area contributed by atoms with Gasteiger partial charge in [-0.3, -0.25) is 9.88 Å². The van der Waals surface area contributed by atoms with Gasteiger partial charge in [-0.25, -0.2) is 0 Å². The van der Waals surface area contributed by atoms with Crippen molar-refractivity contribution in [1.82, 2.24) is 14.8 Å². The second kappa shape index (κ2) is 7.77. The third-order valence-electron chi connectivity index (χ3n) is 5.58. The van der Waals surface area contributed by atoms with E-state index in [2.05, 4.69) is 47.0 Å². The van der Waals surface area contributed by atoms with Gasteiger partial charge in [-0.15, -0.1) is 11.3 Å². The lowest BCUT2D eigenvalue weighted by molar-refractivity contribution is -0.183. The Labute approximate surface area is 160 Å². The van der Waals surface area contributed by atoms with Crippen molar-refractivity contribution in [2.75, 3.05) is 33.3 Å². The number of hydrogen-bond donors (Lipinski definition) is 0. The summed E-state index contributed by atoms with van der Waals surface area (Å²) in [5, 5.41) is 0. The molecule has 2 fully saturated rings. The summed E-state index contributed by atoms with van der Waals surface area (Å²) >= 11 is 1.92. The first-order chi connectivity index (χ1) is 12.6. The van der Waals surface area contributed by atoms with Crippen LogP contribution in [0.1, 0.15) is 28.2 Å². The van der Waals surface area contributed by atoms with Gasteiger partial charge < -0.3 is 9.64 Å². The second-order valence-electron chi connectivity index (χ2n) is 8.11. The van der Waals surface area contributed by atoms with Gasteiger partial charge in [-0.05, 0) is 56.5 Å². The number of pyridine rings is 1. The minimum Gasteiger partial charge on any atom is -0.372 e. The molecule has 0 amide bonds. The van der Waals surface area contributed by atoms with Crippen molar-refractivity contribution in [1.29, 1.82) is 0 Å². The molecule has 2 aromatic rings. The molecular weight excluding hydrogens is 342 g/mol. The summed E-state index contributed by atoms with van der Waals surface area (Å²) < 4.78 is 6.36. The number of rotatable bonds is 6. The number of aromatic nitrogens is 1. The van der Waals surface area contributed by atoms with Crippen molar-refractivity contribution in [2.45, 2.75) is 38.5 Å². The van der Waals surface area contributed by atoms with Crippen LogP contribution >= 0.6 is 11.3 Å². The van der Waals surface area contributed by atoms with Crippen molar-refractivity contribution in [3.63, 3.8) is 0 Å². The van der Waals surface area contributed by atoms with E-state index in [9.17, 15) is 0 Å². The van der Waals surface area contributed by atoms with Gasteiger partial charge in [0.2, 0.25) is 0 Å². The Morgan fingerprint density at radius 3 is 2.88 bits per heavy atom. The maximum atomic E-state index is 6.36. The maximum absolute atomic E-state index is 6.36. The number of aryl methyl sites for hydroxylation is 1. The summed E-state index contributed by atoms with van der Waals surface area (Å²) in [6, 6.07) is 8.64. The highest BCUT2D eigenvalue weighted by molar-refractivity contribution is 7.11. The molecule has 4 nitrogen and oxygen atoms in total. The van der Waals surface area contributed by atoms with Gasteiger partial charge in [0, 0.05) is 54.9 Å². The molecule has 1 spiro atoms. The first-order valence-corrected chi connectivity index (χ1v) is 10.4. The van der Waals surface area contributed by atoms with Crippen LogP contribution in [-0.4, -0.2) is 53.7 Å². The Hall–Kier alpha value is -1.27. The van der Waals surface area contributed by atoms with E-state index in [1.165, 1.54) is 28.2 Å². The Bertz CT molecular complexity index is 701. The predicted molar refractivity (Wildman–Crippen MR) is 106 cm³/mol. The van der Waals surface area contributed by atoms with Gasteiger partial charge in [0.15, 0.2) is 0 Å². The first-order valence-electron chi connectivity index (χ1n) is 9.59. The normalized spacial score (nSPS) is 22.7. The molecule has 26 heavy (non-hydrogen) atoms. The third kappa shape index (κ3) is 4.34. The van der Waals surface area contributed by atoms with Gasteiger partial charge in [0.1, 0.15) is 0 Å². The average molecular weight is 372 g/mol. The minimum absolute atomic E-state index is 0.144. The molecule has 0 aromatic carbocycles. The molecule has 140 valence electrons. The van der Waals surface area contributed by atoms with Crippen LogP contribution in [0.5, 0.6) is 0 Å². The summed E-state index contributed by atoms with van der Waals surface area (Å²) in [7, 11) is 2.20. The molecule has 0 bridgehead atoms. The molecule has 2 aliphatic heterocycles. The molecule has 0 saturated carbocycles. The Morgan fingerprint density at radius 1 is 1.35 bits per heavy atom. The van der Waals surface area contributed by atoms with Crippen LogP contribution < -0.4 is 0 Å². The van der Waals surface area contributed by atoms with Crippen LogP contribution in [0.4, 0.5) is 0 Å². The monoisotopic (exact) mass is 371 g/mol. The highest BCUT2D eigenvalue weighted by Crippen LogP contribution is 2.37. The highest BCUT2D eigenvalue weighted by atomic mass is 32.1. The van der Waals surface area contributed by atoms with Crippen molar-refractivity contribution < 1.29 is 4.74 Å². The van der Waals surface area contributed by atoms with Crippen LogP contribution in [0.2, 0.25) is 0 Å². The fraction of sp³-hybridized carbons (Fsp3) is 0.571. The number of ether oxygens (including phenoxy) is 1. The highest BCUT2D eigenvalue weighted by Gasteiger charge is 2.46. The summed E-state index contributed by atoms with van der Waals surface area (Å²) in [6.45, 7) is 8.43. The second-order valence-corrected chi connectivity index (χ2v) is 9.49. The fourth-order valence-corrected chi connectivity index (χ4v) is 5.22. The number of hydrogen-bond acceptors (Lipinski definition) is 5. The van der Waals surface area contributed by atoms with Crippen molar-refractivity contribution in [3.05, 3.63) is 52.0 Å². The molecule has 0 unspecified atom stereocenters. The van der Waals surface area contributed by atoms with E-state index in [1.54, 1.807) is 0 Å². The topological polar surface area (TPSA) is 28.6 Å². The van der Waals surface area contributed by atoms with E-state index in [1.807, 2.05) is 29.8 Å². The standard InChI is InChI=1S/C21H29N3OS/c1-17-5-6-20(26-17)13-24-15-21(16-24)8-7-19(14-25-21)12-23(2)11-18-4-3-9-22-10-18/h3-6,9-10,19H,7-8,11-16H2,1-2H3/t19-/m0/s1. The van der Waals surface area contributed by atoms with Crippen LogP contribution in [0.3, 0.4) is 0 Å². The lowest BCUT2D eigenvalue weighted by atomic mass is 9.83. The van der Waals surface area contributed by atoms with E-state index >= 15 is 0 Å². The van der Waals surface area contributed by atoms with Crippen molar-refractivity contribution in [2.24, 2.45) is 5.92 Å². The van der Waals surface area contributed by atoms with Gasteiger partial charge in [-0.2, -0.15) is 0 Å². The number of thiophene rings is 1. The molecule has 5 heteroatoms. The van der Waals surface area contributed by atoms with Crippen LogP contribution in [0, 0.1) is 12.8 Å². The van der Waals surface area contributed by atoms with E-state index in [4.69, 9.17) is 4.74 Å². The van der Waals surface area contributed by atoms with Crippen molar-refractivity contribution in [3.8, 4) is 0 Å². The zero-order valence-corrected chi connectivity index (χ0v) is 16.7. The Kier molecular flexibility index (Phi) is 5.41. The lowest BCUT2D eigenvalue weighted by Crippen LogP contribution is -2.64.